The van der Waals surface area contributed by atoms with Gasteiger partial charge in [0.25, 0.3) is 0 Å². The average molecular weight is 483 g/mol. The quantitative estimate of drug-likeness (QED) is 0.376. The van der Waals surface area contributed by atoms with E-state index in [4.69, 9.17) is 9.15 Å². The van der Waals surface area contributed by atoms with Gasteiger partial charge in [0, 0.05) is 30.2 Å². The lowest BCUT2D eigenvalue weighted by Crippen LogP contribution is -2.50. The second-order valence-corrected chi connectivity index (χ2v) is 10.1. The molecule has 0 saturated heterocycles. The van der Waals surface area contributed by atoms with E-state index >= 15 is 0 Å². The van der Waals surface area contributed by atoms with Gasteiger partial charge in [0.1, 0.15) is 51.4 Å². The standard InChI is InChI=1S/C27H30O8/c1-27(13-14-5-3-2-4-6-14)23(31)10-18-20(35-27)12-21-24(26(18)33)19(30)11-22(34-21)25(32)15-7-16(28)9-17(29)8-15/h7-9,11-12,14,23,25,28-29,31-33H,2-6,10,13H2,1H3/t23-,25-,27+/m1/s1. The van der Waals surface area contributed by atoms with E-state index < -0.39 is 23.2 Å². The molecule has 186 valence electrons. The van der Waals surface area contributed by atoms with Crippen molar-refractivity contribution in [3.63, 3.8) is 0 Å². The number of rotatable bonds is 4. The number of ether oxygens (including phenoxy) is 1. The molecule has 3 aromatic rings. The van der Waals surface area contributed by atoms with Crippen molar-refractivity contribution in [1.82, 2.24) is 0 Å². The van der Waals surface area contributed by atoms with Crippen LogP contribution in [0.15, 0.2) is 39.5 Å². The molecule has 0 radical (unpaired) electrons. The molecular weight excluding hydrogens is 452 g/mol. The van der Waals surface area contributed by atoms with Crippen molar-refractivity contribution in [2.75, 3.05) is 0 Å². The molecule has 2 aliphatic rings. The van der Waals surface area contributed by atoms with Gasteiger partial charge in [-0.15, -0.1) is 0 Å². The van der Waals surface area contributed by atoms with Gasteiger partial charge in [0.05, 0.1) is 6.10 Å². The monoisotopic (exact) mass is 482 g/mol. The molecule has 0 unspecified atom stereocenters. The van der Waals surface area contributed by atoms with E-state index in [-0.39, 0.29) is 46.0 Å². The highest BCUT2D eigenvalue weighted by Crippen LogP contribution is 2.45. The predicted molar refractivity (Wildman–Crippen MR) is 128 cm³/mol. The molecule has 0 amide bonds. The van der Waals surface area contributed by atoms with Crippen LogP contribution in [0, 0.1) is 5.92 Å². The fraction of sp³-hybridized carbons (Fsp3) is 0.444. The minimum absolute atomic E-state index is 0.0311. The van der Waals surface area contributed by atoms with E-state index in [0.29, 0.717) is 23.7 Å². The van der Waals surface area contributed by atoms with Crippen molar-refractivity contribution in [3.8, 4) is 23.0 Å². The van der Waals surface area contributed by atoms with Crippen LogP contribution in [0.2, 0.25) is 0 Å². The van der Waals surface area contributed by atoms with Gasteiger partial charge in [-0.25, -0.2) is 0 Å². The van der Waals surface area contributed by atoms with Crippen LogP contribution in [0.5, 0.6) is 23.0 Å². The Morgan fingerprint density at radius 1 is 1.03 bits per heavy atom. The number of aromatic hydroxyl groups is 3. The number of hydrogen-bond donors (Lipinski definition) is 5. The predicted octanol–water partition coefficient (Wildman–Crippen LogP) is 4.02. The van der Waals surface area contributed by atoms with Crippen LogP contribution in [0.25, 0.3) is 11.0 Å². The Hall–Kier alpha value is -3.23. The molecule has 0 bridgehead atoms. The minimum Gasteiger partial charge on any atom is -0.508 e. The Bertz CT molecular complexity index is 1300. The summed E-state index contributed by atoms with van der Waals surface area (Å²) in [4.78, 5) is 12.9. The Kier molecular flexibility index (Phi) is 5.89. The second-order valence-electron chi connectivity index (χ2n) is 10.1. The fourth-order valence-electron chi connectivity index (χ4n) is 5.57. The van der Waals surface area contributed by atoms with Crippen molar-refractivity contribution in [3.05, 3.63) is 57.4 Å². The van der Waals surface area contributed by atoms with Crippen molar-refractivity contribution in [2.45, 2.75) is 69.7 Å². The molecule has 1 aromatic heterocycles. The molecule has 2 aromatic carbocycles. The van der Waals surface area contributed by atoms with Gasteiger partial charge < -0.3 is 34.7 Å². The zero-order chi connectivity index (χ0) is 24.9. The van der Waals surface area contributed by atoms with Gasteiger partial charge in [-0.1, -0.05) is 32.1 Å². The Morgan fingerprint density at radius 2 is 1.71 bits per heavy atom. The number of phenols is 3. The third-order valence-electron chi connectivity index (χ3n) is 7.45. The maximum absolute atomic E-state index is 12.9. The highest BCUT2D eigenvalue weighted by molar-refractivity contribution is 5.87. The van der Waals surface area contributed by atoms with Crippen LogP contribution in [0.1, 0.15) is 68.4 Å². The number of phenolic OH excluding ortho intramolecular Hbond substituents is 3. The lowest BCUT2D eigenvalue weighted by Gasteiger charge is -2.42. The summed E-state index contributed by atoms with van der Waals surface area (Å²) in [5, 5.41) is 52.0. The number of hydrogen-bond acceptors (Lipinski definition) is 8. The zero-order valence-electron chi connectivity index (χ0n) is 19.5. The number of fused-ring (bicyclic) bond motifs is 2. The van der Waals surface area contributed by atoms with Crippen LogP contribution in [-0.2, 0) is 6.42 Å². The molecular formula is C27H30O8. The molecule has 5 rings (SSSR count). The largest absolute Gasteiger partial charge is 0.508 e. The first kappa shape index (κ1) is 23.5. The van der Waals surface area contributed by atoms with Crippen molar-refractivity contribution in [2.24, 2.45) is 5.92 Å². The maximum Gasteiger partial charge on any atom is 0.196 e. The Balaban J connectivity index is 1.54. The SMILES string of the molecule is C[C@@]1(CC2CCCCC2)Oc2cc3oc([C@H](O)c4cc(O)cc(O)c4)cc(=O)c3c(O)c2C[C@H]1O. The number of aliphatic hydroxyl groups is 2. The lowest BCUT2D eigenvalue weighted by atomic mass is 9.77. The molecule has 1 fully saturated rings. The third-order valence-corrected chi connectivity index (χ3v) is 7.45. The van der Waals surface area contributed by atoms with E-state index in [0.717, 1.165) is 25.0 Å². The van der Waals surface area contributed by atoms with Gasteiger partial charge in [-0.2, -0.15) is 0 Å². The van der Waals surface area contributed by atoms with Gasteiger partial charge in [0.15, 0.2) is 5.43 Å². The fourth-order valence-corrected chi connectivity index (χ4v) is 5.57. The molecule has 3 atom stereocenters. The average Bonchev–Trinajstić information content (AvgIpc) is 2.79. The number of aliphatic hydroxyl groups excluding tert-OH is 2. The molecule has 8 heteroatoms. The smallest absolute Gasteiger partial charge is 0.196 e. The van der Waals surface area contributed by atoms with Gasteiger partial charge in [-0.3, -0.25) is 4.79 Å². The molecule has 5 N–H and O–H groups in total. The molecule has 35 heavy (non-hydrogen) atoms. The highest BCUT2D eigenvalue weighted by Gasteiger charge is 2.43. The van der Waals surface area contributed by atoms with Gasteiger partial charge in [0.2, 0.25) is 0 Å². The zero-order valence-corrected chi connectivity index (χ0v) is 19.5. The van der Waals surface area contributed by atoms with E-state index in [1.54, 1.807) is 0 Å². The summed E-state index contributed by atoms with van der Waals surface area (Å²) in [5.41, 5.74) is -0.902. The van der Waals surface area contributed by atoms with Crippen LogP contribution in [-0.4, -0.2) is 37.2 Å². The van der Waals surface area contributed by atoms with E-state index in [9.17, 15) is 30.3 Å². The van der Waals surface area contributed by atoms with Crippen LogP contribution in [0.4, 0.5) is 0 Å². The summed E-state index contributed by atoms with van der Waals surface area (Å²) in [7, 11) is 0. The van der Waals surface area contributed by atoms with Gasteiger partial charge in [-0.05, 0) is 37.0 Å². The summed E-state index contributed by atoms with van der Waals surface area (Å²) >= 11 is 0. The second kappa shape index (κ2) is 8.77. The minimum atomic E-state index is -1.44. The third kappa shape index (κ3) is 4.32. The van der Waals surface area contributed by atoms with E-state index in [2.05, 4.69) is 0 Å². The van der Waals surface area contributed by atoms with Crippen molar-refractivity contribution < 1.29 is 34.7 Å². The highest BCUT2D eigenvalue weighted by atomic mass is 16.5. The van der Waals surface area contributed by atoms with Crippen molar-refractivity contribution >= 4 is 11.0 Å². The Morgan fingerprint density at radius 3 is 2.40 bits per heavy atom. The molecule has 1 aliphatic carbocycles. The first-order valence-corrected chi connectivity index (χ1v) is 12.1. The van der Waals surface area contributed by atoms with Crippen LogP contribution < -0.4 is 10.2 Å². The summed E-state index contributed by atoms with van der Waals surface area (Å²) < 4.78 is 12.1. The van der Waals surface area contributed by atoms with Crippen LogP contribution >= 0.6 is 0 Å². The number of benzene rings is 2. The summed E-state index contributed by atoms with van der Waals surface area (Å²) in [6.45, 7) is 1.88. The summed E-state index contributed by atoms with van der Waals surface area (Å²) in [5.74, 6) is -0.134. The molecule has 2 heterocycles. The first-order chi connectivity index (χ1) is 16.6. The lowest BCUT2D eigenvalue weighted by molar-refractivity contribution is -0.0711. The van der Waals surface area contributed by atoms with Crippen LogP contribution in [0.3, 0.4) is 0 Å². The van der Waals surface area contributed by atoms with Gasteiger partial charge >= 0.3 is 0 Å². The molecule has 1 saturated carbocycles. The van der Waals surface area contributed by atoms with E-state index in [1.165, 1.54) is 37.5 Å². The topological polar surface area (TPSA) is 141 Å². The van der Waals surface area contributed by atoms with E-state index in [1.807, 2.05) is 6.92 Å². The molecule has 8 nitrogen and oxygen atoms in total. The summed E-state index contributed by atoms with van der Waals surface area (Å²) in [6, 6.07) is 6.20. The normalized spacial score (nSPS) is 23.6. The van der Waals surface area contributed by atoms with Crippen molar-refractivity contribution in [1.29, 1.82) is 0 Å². The Labute approximate surface area is 202 Å². The molecule has 1 aliphatic heterocycles. The maximum atomic E-state index is 12.9. The molecule has 0 spiro atoms. The summed E-state index contributed by atoms with van der Waals surface area (Å²) in [6.07, 6.45) is 4.33. The first-order valence-electron chi connectivity index (χ1n) is 12.1.